The van der Waals surface area contributed by atoms with Gasteiger partial charge in [-0.1, -0.05) is 0 Å². The minimum absolute atomic E-state index is 0.0298. The molecule has 2 rings (SSSR count). The fourth-order valence-corrected chi connectivity index (χ4v) is 4.56. The lowest BCUT2D eigenvalue weighted by atomic mass is 9.89. The standard InChI is InChI=1S/C21H36N2O5S/c1-20(2,3)27-18(25)14-12-13-8-9-16(14)23(13)17(24)15(10-11-29-7)22-19(26)28-21(4,5)6/h13-16H,8-12H2,1-7H3,(H,22,26)/t13?,14?,15-,16?/m0/s1. The summed E-state index contributed by atoms with van der Waals surface area (Å²) in [5, 5.41) is 2.75. The molecular weight excluding hydrogens is 392 g/mol. The number of rotatable bonds is 6. The van der Waals surface area contributed by atoms with Gasteiger partial charge in [-0.15, -0.1) is 0 Å². The van der Waals surface area contributed by atoms with Crippen molar-refractivity contribution in [3.05, 3.63) is 0 Å². The SMILES string of the molecule is CSCC[C@H](NC(=O)OC(C)(C)C)C(=O)N1C2CCC1C(C(=O)OC(C)(C)C)C2. The van der Waals surface area contributed by atoms with Gasteiger partial charge in [0.05, 0.1) is 5.92 Å². The normalized spacial score (nSPS) is 24.9. The Kier molecular flexibility index (Phi) is 7.52. The number of alkyl carbamates (subject to hydrolysis) is 1. The van der Waals surface area contributed by atoms with Crippen LogP contribution in [0.25, 0.3) is 0 Å². The van der Waals surface area contributed by atoms with Crippen LogP contribution in [-0.4, -0.2) is 64.2 Å². The van der Waals surface area contributed by atoms with Crippen molar-refractivity contribution in [2.75, 3.05) is 12.0 Å². The highest BCUT2D eigenvalue weighted by atomic mass is 32.2. The van der Waals surface area contributed by atoms with Gasteiger partial charge in [-0.05, 0) is 79.2 Å². The van der Waals surface area contributed by atoms with Crippen molar-refractivity contribution in [1.29, 1.82) is 0 Å². The first-order valence-electron chi connectivity index (χ1n) is 10.4. The first-order chi connectivity index (χ1) is 13.3. The molecule has 0 saturated carbocycles. The molecule has 0 aromatic rings. The van der Waals surface area contributed by atoms with Gasteiger partial charge in [0.15, 0.2) is 0 Å². The Morgan fingerprint density at radius 3 is 2.24 bits per heavy atom. The van der Waals surface area contributed by atoms with Gasteiger partial charge in [0, 0.05) is 12.1 Å². The van der Waals surface area contributed by atoms with E-state index in [0.717, 1.165) is 18.6 Å². The Morgan fingerprint density at radius 1 is 1.07 bits per heavy atom. The minimum Gasteiger partial charge on any atom is -0.460 e. The van der Waals surface area contributed by atoms with Crippen molar-refractivity contribution in [3.8, 4) is 0 Å². The molecule has 7 nitrogen and oxygen atoms in total. The maximum absolute atomic E-state index is 13.4. The van der Waals surface area contributed by atoms with Crippen molar-refractivity contribution in [2.45, 2.75) is 96.6 Å². The van der Waals surface area contributed by atoms with E-state index in [-0.39, 0.29) is 29.9 Å². The van der Waals surface area contributed by atoms with Gasteiger partial charge in [-0.3, -0.25) is 9.59 Å². The molecule has 1 N–H and O–H groups in total. The number of thioether (sulfide) groups is 1. The van der Waals surface area contributed by atoms with Crippen LogP contribution in [-0.2, 0) is 19.1 Å². The highest BCUT2D eigenvalue weighted by molar-refractivity contribution is 7.98. The lowest BCUT2D eigenvalue weighted by Crippen LogP contribution is -2.52. The highest BCUT2D eigenvalue weighted by Gasteiger charge is 2.53. The van der Waals surface area contributed by atoms with Crippen LogP contribution in [0.5, 0.6) is 0 Å². The molecule has 2 amide bonds. The number of amides is 2. The van der Waals surface area contributed by atoms with Gasteiger partial charge in [0.2, 0.25) is 5.91 Å². The Hall–Kier alpha value is -1.44. The van der Waals surface area contributed by atoms with Crippen LogP contribution in [0.3, 0.4) is 0 Å². The molecule has 29 heavy (non-hydrogen) atoms. The first kappa shape index (κ1) is 23.8. The summed E-state index contributed by atoms with van der Waals surface area (Å²) in [6.07, 6.45) is 4.21. The molecule has 0 aromatic heterocycles. The molecule has 166 valence electrons. The monoisotopic (exact) mass is 428 g/mol. The Morgan fingerprint density at radius 2 is 1.69 bits per heavy atom. The van der Waals surface area contributed by atoms with E-state index in [9.17, 15) is 14.4 Å². The Bertz CT molecular complexity index is 626. The molecule has 0 aliphatic carbocycles. The van der Waals surface area contributed by atoms with E-state index in [1.54, 1.807) is 32.5 Å². The molecule has 2 bridgehead atoms. The molecule has 0 spiro atoms. The van der Waals surface area contributed by atoms with Crippen molar-refractivity contribution in [3.63, 3.8) is 0 Å². The van der Waals surface area contributed by atoms with E-state index in [4.69, 9.17) is 9.47 Å². The van der Waals surface area contributed by atoms with Gasteiger partial charge < -0.3 is 19.7 Å². The Balaban J connectivity index is 2.10. The van der Waals surface area contributed by atoms with E-state index in [1.807, 2.05) is 31.9 Å². The average Bonchev–Trinajstić information content (AvgIpc) is 3.12. The van der Waals surface area contributed by atoms with Crippen molar-refractivity contribution >= 4 is 29.7 Å². The van der Waals surface area contributed by atoms with Crippen LogP contribution in [0.2, 0.25) is 0 Å². The molecule has 8 heteroatoms. The Labute approximate surface area is 178 Å². The van der Waals surface area contributed by atoms with E-state index in [2.05, 4.69) is 5.32 Å². The summed E-state index contributed by atoms with van der Waals surface area (Å²) in [7, 11) is 0. The summed E-state index contributed by atoms with van der Waals surface area (Å²) in [6.45, 7) is 10.9. The first-order valence-corrected chi connectivity index (χ1v) is 11.8. The molecule has 3 unspecified atom stereocenters. The quantitative estimate of drug-likeness (QED) is 0.653. The van der Waals surface area contributed by atoms with Crippen LogP contribution < -0.4 is 5.32 Å². The summed E-state index contributed by atoms with van der Waals surface area (Å²) in [6, 6.07) is -0.778. The van der Waals surface area contributed by atoms with Crippen LogP contribution in [0.1, 0.15) is 67.2 Å². The third-order valence-electron chi connectivity index (χ3n) is 5.10. The maximum atomic E-state index is 13.4. The summed E-state index contributed by atoms with van der Waals surface area (Å²) in [4.78, 5) is 40.1. The largest absolute Gasteiger partial charge is 0.460 e. The number of hydrogen-bond acceptors (Lipinski definition) is 6. The van der Waals surface area contributed by atoms with Crippen LogP contribution in [0, 0.1) is 5.92 Å². The fraction of sp³-hybridized carbons (Fsp3) is 0.857. The molecule has 2 aliphatic rings. The second kappa shape index (κ2) is 9.14. The van der Waals surface area contributed by atoms with E-state index >= 15 is 0 Å². The van der Waals surface area contributed by atoms with E-state index in [0.29, 0.717) is 12.8 Å². The molecular formula is C21H36N2O5S. The van der Waals surface area contributed by atoms with Gasteiger partial charge in [0.1, 0.15) is 17.2 Å². The zero-order valence-corrected chi connectivity index (χ0v) is 19.6. The van der Waals surface area contributed by atoms with Gasteiger partial charge in [0.25, 0.3) is 0 Å². The lowest BCUT2D eigenvalue weighted by molar-refractivity contribution is -0.161. The van der Waals surface area contributed by atoms with Crippen LogP contribution in [0.4, 0.5) is 4.79 Å². The third-order valence-corrected chi connectivity index (χ3v) is 5.74. The van der Waals surface area contributed by atoms with Crippen molar-refractivity contribution in [1.82, 2.24) is 10.2 Å². The lowest BCUT2D eigenvalue weighted by Gasteiger charge is -2.30. The van der Waals surface area contributed by atoms with Crippen LogP contribution >= 0.6 is 11.8 Å². The second-order valence-corrected chi connectivity index (χ2v) is 10.9. The summed E-state index contributed by atoms with van der Waals surface area (Å²) >= 11 is 1.62. The molecule has 2 fully saturated rings. The molecule has 0 radical (unpaired) electrons. The van der Waals surface area contributed by atoms with Gasteiger partial charge in [-0.25, -0.2) is 4.79 Å². The van der Waals surface area contributed by atoms with Crippen molar-refractivity contribution in [2.24, 2.45) is 5.92 Å². The van der Waals surface area contributed by atoms with E-state index in [1.165, 1.54) is 0 Å². The predicted molar refractivity (Wildman–Crippen MR) is 114 cm³/mol. The molecule has 2 heterocycles. The number of fused-ring (bicyclic) bond motifs is 2. The van der Waals surface area contributed by atoms with Crippen LogP contribution in [0.15, 0.2) is 0 Å². The predicted octanol–water partition coefficient (Wildman–Crippen LogP) is 3.35. The summed E-state index contributed by atoms with van der Waals surface area (Å²) < 4.78 is 10.9. The molecule has 0 aromatic carbocycles. The van der Waals surface area contributed by atoms with Crippen molar-refractivity contribution < 1.29 is 23.9 Å². The van der Waals surface area contributed by atoms with Gasteiger partial charge in [-0.2, -0.15) is 11.8 Å². The fourth-order valence-electron chi connectivity index (χ4n) is 4.09. The number of carbonyl (C=O) groups excluding carboxylic acids is 3. The van der Waals surface area contributed by atoms with E-state index < -0.39 is 23.3 Å². The maximum Gasteiger partial charge on any atom is 0.408 e. The average molecular weight is 429 g/mol. The molecule has 2 saturated heterocycles. The van der Waals surface area contributed by atoms with Gasteiger partial charge >= 0.3 is 12.1 Å². The zero-order chi connectivity index (χ0) is 22.0. The second-order valence-electron chi connectivity index (χ2n) is 9.90. The number of ether oxygens (including phenoxy) is 2. The topological polar surface area (TPSA) is 84.9 Å². The number of esters is 1. The zero-order valence-electron chi connectivity index (χ0n) is 18.7. The third kappa shape index (κ3) is 6.52. The highest BCUT2D eigenvalue weighted by Crippen LogP contribution is 2.43. The number of nitrogens with one attached hydrogen (secondary N) is 1. The summed E-state index contributed by atoms with van der Waals surface area (Å²) in [5.41, 5.74) is -1.18. The summed E-state index contributed by atoms with van der Waals surface area (Å²) in [5.74, 6) is 0.0941. The number of nitrogens with zero attached hydrogens (tertiary/aromatic N) is 1. The molecule has 2 aliphatic heterocycles. The smallest absolute Gasteiger partial charge is 0.408 e. The minimum atomic E-state index is -0.655. The molecule has 4 atom stereocenters. The number of hydrogen-bond donors (Lipinski definition) is 1. The number of carbonyl (C=O) groups is 3.